The molecule has 1 amide bonds. The zero-order valence-electron chi connectivity index (χ0n) is 14.3. The molecule has 2 aliphatic rings. The highest BCUT2D eigenvalue weighted by atomic mass is 16.6. The number of fused-ring (bicyclic) bond motifs is 1. The van der Waals surface area contributed by atoms with E-state index in [1.807, 2.05) is 31.2 Å². The van der Waals surface area contributed by atoms with Crippen molar-refractivity contribution in [3.8, 4) is 5.75 Å². The van der Waals surface area contributed by atoms with Crippen LogP contribution in [0.2, 0.25) is 0 Å². The molecule has 0 aliphatic carbocycles. The molecule has 1 saturated heterocycles. The molecule has 2 heterocycles. The zero-order valence-corrected chi connectivity index (χ0v) is 14.3. The maximum Gasteiger partial charge on any atom is 0.338 e. The molecular weight excluding hydrogens is 322 g/mol. The molecule has 1 fully saturated rings. The van der Waals surface area contributed by atoms with Crippen molar-refractivity contribution in [1.29, 1.82) is 0 Å². The first-order valence-corrected chi connectivity index (χ1v) is 8.70. The van der Waals surface area contributed by atoms with Gasteiger partial charge >= 0.3 is 5.97 Å². The van der Waals surface area contributed by atoms with E-state index >= 15 is 0 Å². The first-order valence-electron chi connectivity index (χ1n) is 8.70. The lowest BCUT2D eigenvalue weighted by molar-refractivity contribution is -0.152. The number of amides is 1. The lowest BCUT2D eigenvalue weighted by Gasteiger charge is -2.20. The third kappa shape index (κ3) is 4.39. The summed E-state index contributed by atoms with van der Waals surface area (Å²) in [4.78, 5) is 24.6. The Morgan fingerprint density at radius 2 is 2.20 bits per heavy atom. The molecule has 134 valence electrons. The quantitative estimate of drug-likeness (QED) is 0.799. The van der Waals surface area contributed by atoms with Gasteiger partial charge < -0.3 is 19.5 Å². The second kappa shape index (κ2) is 8.16. The average molecular weight is 345 g/mol. The predicted octanol–water partition coefficient (Wildman–Crippen LogP) is 2.08. The van der Waals surface area contributed by atoms with E-state index in [1.54, 1.807) is 6.08 Å². The van der Waals surface area contributed by atoms with Crippen LogP contribution in [0.1, 0.15) is 31.7 Å². The maximum absolute atomic E-state index is 12.4. The summed E-state index contributed by atoms with van der Waals surface area (Å²) in [6, 6.07) is 7.47. The zero-order chi connectivity index (χ0) is 17.6. The normalized spacial score (nSPS) is 20.0. The van der Waals surface area contributed by atoms with Gasteiger partial charge in [-0.15, -0.1) is 0 Å². The SMILES string of the molecule is CC[C@H](OC(=O)C1=Cc2ccccc2OC1)C(=O)NC[C@@H]1CCCO1. The monoisotopic (exact) mass is 345 g/mol. The molecule has 6 heteroatoms. The molecule has 2 aliphatic heterocycles. The Morgan fingerprint density at radius 3 is 2.96 bits per heavy atom. The van der Waals surface area contributed by atoms with Gasteiger partial charge in [-0.3, -0.25) is 4.79 Å². The van der Waals surface area contributed by atoms with Crippen molar-refractivity contribution in [3.63, 3.8) is 0 Å². The molecule has 3 rings (SSSR count). The minimum absolute atomic E-state index is 0.0584. The van der Waals surface area contributed by atoms with Crippen molar-refractivity contribution in [3.05, 3.63) is 35.4 Å². The van der Waals surface area contributed by atoms with Crippen LogP contribution in [0.4, 0.5) is 0 Å². The highest BCUT2D eigenvalue weighted by Crippen LogP contribution is 2.26. The van der Waals surface area contributed by atoms with Gasteiger partial charge in [0.25, 0.3) is 5.91 Å². The van der Waals surface area contributed by atoms with E-state index in [1.165, 1.54) is 0 Å². The topological polar surface area (TPSA) is 73.9 Å². The first-order chi connectivity index (χ1) is 12.2. The summed E-state index contributed by atoms with van der Waals surface area (Å²) in [5.41, 5.74) is 1.24. The number of esters is 1. The largest absolute Gasteiger partial charge is 0.488 e. The molecule has 25 heavy (non-hydrogen) atoms. The van der Waals surface area contributed by atoms with E-state index < -0.39 is 12.1 Å². The summed E-state index contributed by atoms with van der Waals surface area (Å²) in [6.45, 7) is 3.14. The second-order valence-electron chi connectivity index (χ2n) is 6.18. The van der Waals surface area contributed by atoms with Crippen molar-refractivity contribution >= 4 is 18.0 Å². The van der Waals surface area contributed by atoms with E-state index in [2.05, 4.69) is 5.32 Å². The van der Waals surface area contributed by atoms with Crippen LogP contribution in [0.3, 0.4) is 0 Å². The van der Waals surface area contributed by atoms with Gasteiger partial charge in [0, 0.05) is 18.7 Å². The van der Waals surface area contributed by atoms with Crippen molar-refractivity contribution in [2.24, 2.45) is 0 Å². The van der Waals surface area contributed by atoms with Gasteiger partial charge in [-0.05, 0) is 31.4 Å². The van der Waals surface area contributed by atoms with E-state index in [4.69, 9.17) is 14.2 Å². The molecular formula is C19H23NO5. The van der Waals surface area contributed by atoms with Crippen LogP contribution in [0.5, 0.6) is 5.75 Å². The Bertz CT molecular complexity index is 664. The molecule has 0 bridgehead atoms. The summed E-state index contributed by atoms with van der Waals surface area (Å²) in [5.74, 6) is -0.0712. The number of nitrogens with one attached hydrogen (secondary N) is 1. The fourth-order valence-electron chi connectivity index (χ4n) is 2.89. The Hall–Kier alpha value is -2.34. The summed E-state index contributed by atoms with van der Waals surface area (Å²) in [5, 5.41) is 2.81. The van der Waals surface area contributed by atoms with Crippen molar-refractivity contribution in [2.75, 3.05) is 19.8 Å². The van der Waals surface area contributed by atoms with Crippen molar-refractivity contribution in [1.82, 2.24) is 5.32 Å². The Morgan fingerprint density at radius 1 is 1.36 bits per heavy atom. The molecule has 1 aromatic rings. The Balaban J connectivity index is 1.56. The van der Waals surface area contributed by atoms with Gasteiger partial charge in [0.05, 0.1) is 11.7 Å². The maximum atomic E-state index is 12.4. The van der Waals surface area contributed by atoms with Gasteiger partial charge in [-0.25, -0.2) is 4.79 Å². The number of rotatable bonds is 6. The fraction of sp³-hybridized carbons (Fsp3) is 0.474. The van der Waals surface area contributed by atoms with Crippen molar-refractivity contribution in [2.45, 2.75) is 38.4 Å². The lowest BCUT2D eigenvalue weighted by Crippen LogP contribution is -2.41. The van der Waals surface area contributed by atoms with E-state index in [0.717, 1.165) is 30.8 Å². The number of para-hydroxylation sites is 1. The van der Waals surface area contributed by atoms with Gasteiger partial charge in [0.15, 0.2) is 6.10 Å². The smallest absolute Gasteiger partial charge is 0.338 e. The third-order valence-corrected chi connectivity index (χ3v) is 4.33. The molecule has 0 unspecified atom stereocenters. The van der Waals surface area contributed by atoms with Crippen LogP contribution in [0.15, 0.2) is 29.8 Å². The molecule has 2 atom stereocenters. The molecule has 1 N–H and O–H groups in total. The Labute approximate surface area is 147 Å². The van der Waals surface area contributed by atoms with Gasteiger partial charge in [-0.2, -0.15) is 0 Å². The fourth-order valence-corrected chi connectivity index (χ4v) is 2.89. The summed E-state index contributed by atoms with van der Waals surface area (Å²) >= 11 is 0. The standard InChI is InChI=1S/C19H23NO5/c1-2-16(18(21)20-11-15-7-5-9-23-15)25-19(22)14-10-13-6-3-4-8-17(13)24-12-14/h3-4,6,8,10,15-16H,2,5,7,9,11-12H2,1H3,(H,20,21)/t15-,16-/m0/s1. The van der Waals surface area contributed by atoms with E-state index in [0.29, 0.717) is 18.5 Å². The van der Waals surface area contributed by atoms with Crippen LogP contribution >= 0.6 is 0 Å². The Kier molecular flexibility index (Phi) is 5.71. The minimum atomic E-state index is -0.813. The van der Waals surface area contributed by atoms with Crippen LogP contribution < -0.4 is 10.1 Å². The summed E-state index contributed by atoms with van der Waals surface area (Å²) < 4.78 is 16.4. The molecule has 1 aromatic carbocycles. The molecule has 0 aromatic heterocycles. The van der Waals surface area contributed by atoms with Crippen LogP contribution in [-0.2, 0) is 19.1 Å². The number of hydrogen-bond donors (Lipinski definition) is 1. The van der Waals surface area contributed by atoms with Crippen molar-refractivity contribution < 1.29 is 23.8 Å². The number of benzene rings is 1. The third-order valence-electron chi connectivity index (χ3n) is 4.33. The predicted molar refractivity (Wildman–Crippen MR) is 92.1 cm³/mol. The lowest BCUT2D eigenvalue weighted by atomic mass is 10.1. The van der Waals surface area contributed by atoms with E-state index in [-0.39, 0.29) is 18.6 Å². The van der Waals surface area contributed by atoms with Gasteiger partial charge in [0.2, 0.25) is 0 Å². The molecule has 0 spiro atoms. The number of hydrogen-bond acceptors (Lipinski definition) is 5. The molecule has 0 radical (unpaired) electrons. The number of carbonyl (C=O) groups is 2. The molecule has 0 saturated carbocycles. The molecule has 6 nitrogen and oxygen atoms in total. The van der Waals surface area contributed by atoms with Gasteiger partial charge in [-0.1, -0.05) is 25.1 Å². The van der Waals surface area contributed by atoms with Crippen LogP contribution in [0, 0.1) is 0 Å². The number of ether oxygens (including phenoxy) is 3. The highest BCUT2D eigenvalue weighted by molar-refractivity contribution is 5.96. The average Bonchev–Trinajstić information content (AvgIpc) is 3.17. The van der Waals surface area contributed by atoms with Crippen LogP contribution in [0.25, 0.3) is 6.08 Å². The summed E-state index contributed by atoms with van der Waals surface area (Å²) in [7, 11) is 0. The highest BCUT2D eigenvalue weighted by Gasteiger charge is 2.26. The van der Waals surface area contributed by atoms with E-state index in [9.17, 15) is 9.59 Å². The minimum Gasteiger partial charge on any atom is -0.488 e. The number of carbonyl (C=O) groups excluding carboxylic acids is 2. The summed E-state index contributed by atoms with van der Waals surface area (Å²) in [6.07, 6.45) is 3.37. The second-order valence-corrected chi connectivity index (χ2v) is 6.18. The first kappa shape index (κ1) is 17.5. The van der Waals surface area contributed by atoms with Crippen LogP contribution in [-0.4, -0.2) is 43.8 Å². The van der Waals surface area contributed by atoms with Gasteiger partial charge in [0.1, 0.15) is 12.4 Å².